The van der Waals surface area contributed by atoms with Crippen LogP contribution in [0.15, 0.2) is 52.3 Å². The van der Waals surface area contributed by atoms with Crippen molar-refractivity contribution in [3.05, 3.63) is 53.1 Å². The van der Waals surface area contributed by atoms with E-state index in [1.165, 1.54) is 12.1 Å². The summed E-state index contributed by atoms with van der Waals surface area (Å²) < 4.78 is 63.6. The molecule has 0 aromatic heterocycles. The molecular formula is C18H17ClF3NO5S. The number of hydrogen-bond acceptors (Lipinski definition) is 5. The molecule has 0 spiro atoms. The summed E-state index contributed by atoms with van der Waals surface area (Å²) in [5.41, 5.74) is -3.21. The molecule has 0 aliphatic carbocycles. The zero-order valence-corrected chi connectivity index (χ0v) is 16.6. The van der Waals surface area contributed by atoms with Gasteiger partial charge in [0.2, 0.25) is 15.4 Å². The number of alkyl halides is 3. The average molecular weight is 452 g/mol. The van der Waals surface area contributed by atoms with Gasteiger partial charge in [-0.3, -0.25) is 4.79 Å². The fourth-order valence-corrected chi connectivity index (χ4v) is 3.82. The predicted octanol–water partition coefficient (Wildman–Crippen LogP) is 2.96. The van der Waals surface area contributed by atoms with Crippen LogP contribution in [-0.2, 0) is 21.1 Å². The highest BCUT2D eigenvalue weighted by Crippen LogP contribution is 2.33. The third-order valence-corrected chi connectivity index (χ3v) is 6.21. The molecule has 0 aliphatic heterocycles. The smallest absolute Gasteiger partial charge is 0.396 e. The molecule has 0 bridgehead atoms. The van der Waals surface area contributed by atoms with E-state index in [1.807, 2.05) is 5.32 Å². The van der Waals surface area contributed by atoms with E-state index in [0.717, 1.165) is 23.8 Å². The number of nitrogens with one attached hydrogen (secondary N) is 1. The molecular weight excluding hydrogens is 435 g/mol. The number of amides is 1. The molecule has 0 aliphatic rings. The van der Waals surface area contributed by atoms with Crippen LogP contribution in [-0.4, -0.2) is 42.9 Å². The van der Waals surface area contributed by atoms with E-state index in [0.29, 0.717) is 6.42 Å². The second-order valence-electron chi connectivity index (χ2n) is 6.29. The number of anilines is 1. The monoisotopic (exact) mass is 451 g/mol. The molecule has 0 saturated carbocycles. The van der Waals surface area contributed by atoms with E-state index in [-0.39, 0.29) is 34.0 Å². The van der Waals surface area contributed by atoms with Crippen molar-refractivity contribution in [3.8, 4) is 0 Å². The van der Waals surface area contributed by atoms with Gasteiger partial charge in [-0.2, -0.15) is 13.2 Å². The number of carbonyl (C=O) groups excluding carboxylic acids is 1. The topological polar surface area (TPSA) is 104 Å². The molecule has 3 N–H and O–H groups in total. The van der Waals surface area contributed by atoms with Crippen molar-refractivity contribution in [2.75, 3.05) is 11.9 Å². The first-order chi connectivity index (χ1) is 13.3. The van der Waals surface area contributed by atoms with Gasteiger partial charge in [-0.15, -0.1) is 0 Å². The Balaban J connectivity index is 2.30. The van der Waals surface area contributed by atoms with Gasteiger partial charge >= 0.3 is 6.18 Å². The number of rotatable bonds is 6. The highest BCUT2D eigenvalue weighted by molar-refractivity contribution is 7.91. The summed E-state index contributed by atoms with van der Waals surface area (Å²) in [7, 11) is -3.98. The quantitative estimate of drug-likeness (QED) is 0.626. The molecule has 11 heteroatoms. The standard InChI is InChI=1S/C18H17ClF3NO5S/c1-17(26,18(20,21)22)16(25)23-15-7-6-13(10-14(15)19)29(27,28)12-4-2-11(3-5-12)8-9-24/h2-7,10,24,26H,8-9H2,1H3,(H,23,25). The van der Waals surface area contributed by atoms with Crippen LogP contribution < -0.4 is 5.32 Å². The van der Waals surface area contributed by atoms with Gasteiger partial charge in [0.25, 0.3) is 5.91 Å². The summed E-state index contributed by atoms with van der Waals surface area (Å²) in [4.78, 5) is 11.5. The largest absolute Gasteiger partial charge is 0.426 e. The summed E-state index contributed by atoms with van der Waals surface area (Å²) in [6.45, 7) is 0.200. The Bertz CT molecular complexity index is 1010. The van der Waals surface area contributed by atoms with E-state index in [9.17, 15) is 31.5 Å². The van der Waals surface area contributed by atoms with Gasteiger partial charge in [0.15, 0.2) is 0 Å². The summed E-state index contributed by atoms with van der Waals surface area (Å²) in [6.07, 6.45) is -4.85. The highest BCUT2D eigenvalue weighted by Gasteiger charge is 2.55. The summed E-state index contributed by atoms with van der Waals surface area (Å²) in [5, 5.41) is 19.8. The van der Waals surface area contributed by atoms with Gasteiger partial charge in [0.1, 0.15) is 0 Å². The third kappa shape index (κ3) is 4.89. The first kappa shape index (κ1) is 23.1. The van der Waals surface area contributed by atoms with Crippen LogP contribution in [0.2, 0.25) is 5.02 Å². The molecule has 29 heavy (non-hydrogen) atoms. The van der Waals surface area contributed by atoms with Crippen LogP contribution >= 0.6 is 11.6 Å². The van der Waals surface area contributed by atoms with Crippen molar-refractivity contribution < 1.29 is 36.6 Å². The summed E-state index contributed by atoms with van der Waals surface area (Å²) in [6, 6.07) is 8.86. The van der Waals surface area contributed by atoms with Crippen LogP contribution in [0.1, 0.15) is 12.5 Å². The van der Waals surface area contributed by atoms with Crippen molar-refractivity contribution >= 4 is 33.0 Å². The Hall–Kier alpha value is -2.14. The van der Waals surface area contributed by atoms with Gasteiger partial charge in [0, 0.05) is 6.61 Å². The van der Waals surface area contributed by atoms with E-state index < -0.39 is 27.5 Å². The first-order valence-electron chi connectivity index (χ1n) is 8.15. The van der Waals surface area contributed by atoms with E-state index in [4.69, 9.17) is 16.7 Å². The second kappa shape index (κ2) is 8.31. The van der Waals surface area contributed by atoms with E-state index in [1.54, 1.807) is 12.1 Å². The molecule has 0 heterocycles. The maximum absolute atomic E-state index is 12.7. The molecule has 1 unspecified atom stereocenters. The second-order valence-corrected chi connectivity index (χ2v) is 8.64. The molecule has 158 valence electrons. The molecule has 1 atom stereocenters. The van der Waals surface area contributed by atoms with E-state index >= 15 is 0 Å². The number of aliphatic hydroxyl groups excluding tert-OH is 1. The lowest BCUT2D eigenvalue weighted by Gasteiger charge is -2.25. The minimum Gasteiger partial charge on any atom is -0.396 e. The zero-order chi connectivity index (χ0) is 22.0. The fourth-order valence-electron chi connectivity index (χ4n) is 2.24. The number of sulfone groups is 1. The van der Waals surface area contributed by atoms with Gasteiger partial charge in [0.05, 0.1) is 20.5 Å². The molecule has 0 radical (unpaired) electrons. The maximum atomic E-state index is 12.7. The molecule has 2 rings (SSSR count). The van der Waals surface area contributed by atoms with Crippen molar-refractivity contribution in [2.45, 2.75) is 34.9 Å². The summed E-state index contributed by atoms with van der Waals surface area (Å²) >= 11 is 5.93. The number of carbonyl (C=O) groups is 1. The van der Waals surface area contributed by atoms with Crippen LogP contribution in [0.25, 0.3) is 0 Å². The number of benzene rings is 2. The van der Waals surface area contributed by atoms with Gasteiger partial charge in [-0.05, 0) is 49.2 Å². The molecule has 1 amide bonds. The molecule has 6 nitrogen and oxygen atoms in total. The van der Waals surface area contributed by atoms with Crippen LogP contribution in [0.4, 0.5) is 18.9 Å². The SMILES string of the molecule is CC(O)(C(=O)Nc1ccc(S(=O)(=O)c2ccc(CCO)cc2)cc1Cl)C(F)(F)F. The average Bonchev–Trinajstić information content (AvgIpc) is 2.63. The first-order valence-corrected chi connectivity index (χ1v) is 10.0. The lowest BCUT2D eigenvalue weighted by atomic mass is 10.1. The van der Waals surface area contributed by atoms with Gasteiger partial charge < -0.3 is 15.5 Å². The lowest BCUT2D eigenvalue weighted by Crippen LogP contribution is -2.52. The van der Waals surface area contributed by atoms with Crippen molar-refractivity contribution in [1.82, 2.24) is 0 Å². The third-order valence-electron chi connectivity index (χ3n) is 4.13. The van der Waals surface area contributed by atoms with Crippen LogP contribution in [0, 0.1) is 0 Å². The van der Waals surface area contributed by atoms with Crippen LogP contribution in [0.3, 0.4) is 0 Å². The minimum absolute atomic E-state index is 0.0490. The number of aliphatic hydroxyl groups is 2. The Morgan fingerprint density at radius 2 is 1.66 bits per heavy atom. The Kier molecular flexibility index (Phi) is 6.63. The fraction of sp³-hybridized carbons (Fsp3) is 0.278. The number of hydrogen-bond donors (Lipinski definition) is 3. The van der Waals surface area contributed by atoms with Crippen molar-refractivity contribution in [1.29, 1.82) is 0 Å². The lowest BCUT2D eigenvalue weighted by molar-refractivity contribution is -0.242. The Labute approximate surface area is 169 Å². The molecule has 0 saturated heterocycles. The molecule has 2 aromatic carbocycles. The zero-order valence-electron chi connectivity index (χ0n) is 15.0. The Morgan fingerprint density at radius 1 is 1.10 bits per heavy atom. The summed E-state index contributed by atoms with van der Waals surface area (Å²) in [5.74, 6) is -1.76. The normalized spacial score (nSPS) is 14.3. The highest BCUT2D eigenvalue weighted by atomic mass is 35.5. The number of halogens is 4. The predicted molar refractivity (Wildman–Crippen MR) is 99.4 cm³/mol. The van der Waals surface area contributed by atoms with E-state index in [2.05, 4.69) is 0 Å². The molecule has 2 aromatic rings. The molecule has 0 fully saturated rings. The Morgan fingerprint density at radius 3 is 2.14 bits per heavy atom. The van der Waals surface area contributed by atoms with Crippen molar-refractivity contribution in [3.63, 3.8) is 0 Å². The van der Waals surface area contributed by atoms with Crippen LogP contribution in [0.5, 0.6) is 0 Å². The van der Waals surface area contributed by atoms with Crippen molar-refractivity contribution in [2.24, 2.45) is 0 Å². The minimum atomic E-state index is -5.21. The maximum Gasteiger partial charge on any atom is 0.426 e. The van der Waals surface area contributed by atoms with Gasteiger partial charge in [-0.25, -0.2) is 8.42 Å². The van der Waals surface area contributed by atoms with Gasteiger partial charge in [-0.1, -0.05) is 23.7 Å².